The molecule has 0 fully saturated rings. The van der Waals surface area contributed by atoms with Crippen molar-refractivity contribution in [3.8, 4) is 0 Å². The van der Waals surface area contributed by atoms with E-state index >= 15 is 0 Å². The van der Waals surface area contributed by atoms with Gasteiger partial charge < -0.3 is 15.2 Å². The molecule has 2 N–H and O–H groups in total. The van der Waals surface area contributed by atoms with Crippen molar-refractivity contribution in [2.75, 3.05) is 7.05 Å². The van der Waals surface area contributed by atoms with Gasteiger partial charge >= 0.3 is 0 Å². The number of hydrogen-bond acceptors (Lipinski definition) is 3. The molecule has 1 unspecified atom stereocenters. The van der Waals surface area contributed by atoms with Crippen molar-refractivity contribution < 1.29 is 8.91 Å². The number of nitrogens with one attached hydrogen (secondary N) is 2. The van der Waals surface area contributed by atoms with Crippen molar-refractivity contribution in [3.05, 3.63) is 53.2 Å². The topological polar surface area (TPSA) is 62.5 Å². The van der Waals surface area contributed by atoms with Gasteiger partial charge in [0.25, 0.3) is 0 Å². The second-order valence-electron chi connectivity index (χ2n) is 4.79. The normalized spacial score (nSPS) is 13.0. The third-order valence-electron chi connectivity index (χ3n) is 3.20. The molecule has 0 aliphatic rings. The molecule has 2 rings (SSSR count). The maximum Gasteiger partial charge on any atom is 0.191 e. The van der Waals surface area contributed by atoms with Crippen LogP contribution in [0, 0.1) is 12.7 Å². The van der Waals surface area contributed by atoms with Crippen LogP contribution in [0.15, 0.2) is 40.0 Å². The first kappa shape index (κ1) is 15.0. The quantitative estimate of drug-likeness (QED) is 0.671. The standard InChI is InChI=1S/C15H19FN4O/c1-10-4-5-12(8-14(10)16)11(2)19-15(17-3)18-9-13-6-7-21-20-13/h4-8,11H,9H2,1-3H3,(H2,17,18,19). The van der Waals surface area contributed by atoms with Crippen LogP contribution in [0.3, 0.4) is 0 Å². The summed E-state index contributed by atoms with van der Waals surface area (Å²) in [5, 5.41) is 10.1. The third-order valence-corrected chi connectivity index (χ3v) is 3.20. The fourth-order valence-corrected chi connectivity index (χ4v) is 1.86. The maximum atomic E-state index is 13.6. The Labute approximate surface area is 123 Å². The smallest absolute Gasteiger partial charge is 0.191 e. The minimum absolute atomic E-state index is 0.0661. The lowest BCUT2D eigenvalue weighted by Crippen LogP contribution is -2.38. The molecule has 0 aliphatic heterocycles. The highest BCUT2D eigenvalue weighted by atomic mass is 19.1. The average molecular weight is 290 g/mol. The molecule has 1 heterocycles. The monoisotopic (exact) mass is 290 g/mol. The summed E-state index contributed by atoms with van der Waals surface area (Å²) in [5.41, 5.74) is 2.29. The molecule has 0 spiro atoms. The zero-order valence-electron chi connectivity index (χ0n) is 12.4. The Morgan fingerprint density at radius 3 is 2.86 bits per heavy atom. The number of halogens is 1. The largest absolute Gasteiger partial charge is 0.364 e. The van der Waals surface area contributed by atoms with Crippen LogP contribution in [0.1, 0.15) is 29.8 Å². The van der Waals surface area contributed by atoms with E-state index in [-0.39, 0.29) is 11.9 Å². The van der Waals surface area contributed by atoms with Gasteiger partial charge in [0.2, 0.25) is 0 Å². The van der Waals surface area contributed by atoms with Gasteiger partial charge in [-0.1, -0.05) is 17.3 Å². The third kappa shape index (κ3) is 4.05. The first-order valence-corrected chi connectivity index (χ1v) is 6.72. The van der Waals surface area contributed by atoms with E-state index in [1.54, 1.807) is 26.1 Å². The molecule has 0 saturated heterocycles. The molecule has 21 heavy (non-hydrogen) atoms. The van der Waals surface area contributed by atoms with Crippen molar-refractivity contribution in [2.45, 2.75) is 26.4 Å². The lowest BCUT2D eigenvalue weighted by atomic mass is 10.1. The van der Waals surface area contributed by atoms with E-state index in [1.807, 2.05) is 13.0 Å². The lowest BCUT2D eigenvalue weighted by Gasteiger charge is -2.18. The van der Waals surface area contributed by atoms with E-state index in [0.29, 0.717) is 18.1 Å². The van der Waals surface area contributed by atoms with Crippen LogP contribution in [-0.2, 0) is 6.54 Å². The van der Waals surface area contributed by atoms with E-state index in [1.165, 1.54) is 12.3 Å². The van der Waals surface area contributed by atoms with Crippen molar-refractivity contribution in [1.82, 2.24) is 15.8 Å². The van der Waals surface area contributed by atoms with Gasteiger partial charge in [-0.3, -0.25) is 4.99 Å². The summed E-state index contributed by atoms with van der Waals surface area (Å²) < 4.78 is 18.4. The molecule has 0 radical (unpaired) electrons. The van der Waals surface area contributed by atoms with Crippen LogP contribution in [0.2, 0.25) is 0 Å². The first-order chi connectivity index (χ1) is 10.1. The van der Waals surface area contributed by atoms with Crippen molar-refractivity contribution in [1.29, 1.82) is 0 Å². The van der Waals surface area contributed by atoms with Crippen molar-refractivity contribution in [2.24, 2.45) is 4.99 Å². The Bertz CT molecular complexity index is 610. The average Bonchev–Trinajstić information content (AvgIpc) is 2.99. The number of hydrogen-bond donors (Lipinski definition) is 2. The number of aliphatic imine (C=N–C) groups is 1. The fraction of sp³-hybridized carbons (Fsp3) is 0.333. The highest BCUT2D eigenvalue weighted by Crippen LogP contribution is 2.16. The van der Waals surface area contributed by atoms with Crippen LogP contribution in [0.4, 0.5) is 4.39 Å². The number of aromatic nitrogens is 1. The molecule has 0 saturated carbocycles. The second-order valence-corrected chi connectivity index (χ2v) is 4.79. The molecule has 6 heteroatoms. The van der Waals surface area contributed by atoms with Gasteiger partial charge in [0, 0.05) is 13.1 Å². The highest BCUT2D eigenvalue weighted by molar-refractivity contribution is 5.80. The Balaban J connectivity index is 1.95. The molecule has 2 aromatic rings. The summed E-state index contributed by atoms with van der Waals surface area (Å²) in [5.74, 6) is 0.415. The predicted octanol–water partition coefficient (Wildman–Crippen LogP) is 2.55. The van der Waals surface area contributed by atoms with Gasteiger partial charge in [-0.2, -0.15) is 0 Å². The minimum Gasteiger partial charge on any atom is -0.364 e. The number of benzene rings is 1. The number of guanidine groups is 1. The van der Waals surface area contributed by atoms with Gasteiger partial charge in [-0.25, -0.2) is 4.39 Å². The highest BCUT2D eigenvalue weighted by Gasteiger charge is 2.10. The molecule has 1 aromatic carbocycles. The predicted molar refractivity (Wildman–Crippen MR) is 79.4 cm³/mol. The first-order valence-electron chi connectivity index (χ1n) is 6.72. The zero-order chi connectivity index (χ0) is 15.2. The van der Waals surface area contributed by atoms with Crippen LogP contribution in [-0.4, -0.2) is 18.2 Å². The zero-order valence-corrected chi connectivity index (χ0v) is 12.4. The van der Waals surface area contributed by atoms with Crippen LogP contribution >= 0.6 is 0 Å². The minimum atomic E-state index is -0.202. The molecule has 0 bridgehead atoms. The maximum absolute atomic E-state index is 13.6. The van der Waals surface area contributed by atoms with Gasteiger partial charge in [0.15, 0.2) is 5.96 Å². The number of rotatable bonds is 4. The van der Waals surface area contributed by atoms with Crippen LogP contribution in [0.5, 0.6) is 0 Å². The Hall–Kier alpha value is -2.37. The van der Waals surface area contributed by atoms with E-state index in [2.05, 4.69) is 20.8 Å². The summed E-state index contributed by atoms with van der Waals surface area (Å²) >= 11 is 0. The molecule has 1 atom stereocenters. The molecular formula is C15H19FN4O. The summed E-state index contributed by atoms with van der Waals surface area (Å²) in [6.45, 7) is 4.20. The van der Waals surface area contributed by atoms with E-state index in [9.17, 15) is 4.39 Å². The molecule has 0 aliphatic carbocycles. The summed E-state index contributed by atoms with van der Waals surface area (Å²) in [6.07, 6.45) is 1.52. The van der Waals surface area contributed by atoms with E-state index in [0.717, 1.165) is 11.3 Å². The van der Waals surface area contributed by atoms with Crippen molar-refractivity contribution in [3.63, 3.8) is 0 Å². The summed E-state index contributed by atoms with van der Waals surface area (Å²) in [4.78, 5) is 4.14. The van der Waals surface area contributed by atoms with Crippen LogP contribution < -0.4 is 10.6 Å². The van der Waals surface area contributed by atoms with Gasteiger partial charge in [0.1, 0.15) is 17.8 Å². The molecular weight excluding hydrogens is 271 g/mol. The van der Waals surface area contributed by atoms with E-state index in [4.69, 9.17) is 4.52 Å². The summed E-state index contributed by atoms with van der Waals surface area (Å²) in [6, 6.07) is 6.93. The summed E-state index contributed by atoms with van der Waals surface area (Å²) in [7, 11) is 1.68. The Morgan fingerprint density at radius 1 is 1.43 bits per heavy atom. The van der Waals surface area contributed by atoms with Crippen molar-refractivity contribution >= 4 is 5.96 Å². The number of aryl methyl sites for hydroxylation is 1. The Kier molecular flexibility index (Phi) is 4.92. The Morgan fingerprint density at radius 2 is 2.24 bits per heavy atom. The SMILES string of the molecule is CN=C(NCc1ccon1)NC(C)c1ccc(C)c(F)c1. The van der Waals surface area contributed by atoms with Gasteiger partial charge in [0.05, 0.1) is 12.6 Å². The van der Waals surface area contributed by atoms with E-state index < -0.39 is 0 Å². The second kappa shape index (κ2) is 6.88. The number of nitrogens with zero attached hydrogens (tertiary/aromatic N) is 2. The molecule has 0 amide bonds. The lowest BCUT2D eigenvalue weighted by molar-refractivity contribution is 0.410. The van der Waals surface area contributed by atoms with Gasteiger partial charge in [-0.15, -0.1) is 0 Å². The molecule has 1 aromatic heterocycles. The molecule has 5 nitrogen and oxygen atoms in total. The fourth-order valence-electron chi connectivity index (χ4n) is 1.86. The van der Waals surface area contributed by atoms with Gasteiger partial charge in [-0.05, 0) is 31.0 Å². The van der Waals surface area contributed by atoms with Crippen LogP contribution in [0.25, 0.3) is 0 Å². The molecule has 112 valence electrons.